The molecule has 0 saturated heterocycles. The average molecular weight is 417 g/mol. The number of nitrogens with one attached hydrogen (secondary N) is 2. The van der Waals surface area contributed by atoms with Crippen LogP contribution in [0.5, 0.6) is 11.5 Å². The smallest absolute Gasteiger partial charge is 0.191 e. The highest BCUT2D eigenvalue weighted by Gasteiger charge is 2.18. The van der Waals surface area contributed by atoms with E-state index in [1.54, 1.807) is 40.3 Å². The number of hydrogen-bond acceptors (Lipinski definition) is 4. The van der Waals surface area contributed by atoms with Crippen LogP contribution in [0.4, 0.5) is 4.39 Å². The fraction of sp³-hybridized carbons (Fsp3) is 0.435. The maximum Gasteiger partial charge on any atom is 0.191 e. The molecule has 2 rings (SSSR count). The summed E-state index contributed by atoms with van der Waals surface area (Å²) in [5.74, 6) is 1.84. The molecule has 2 atom stereocenters. The van der Waals surface area contributed by atoms with Crippen molar-refractivity contribution in [2.24, 2.45) is 4.99 Å². The molecular weight excluding hydrogens is 383 g/mol. The molecule has 30 heavy (non-hydrogen) atoms. The summed E-state index contributed by atoms with van der Waals surface area (Å²) < 4.78 is 24.7. The zero-order valence-electron chi connectivity index (χ0n) is 18.9. The number of methoxy groups -OCH3 is 2. The molecule has 7 heteroatoms. The minimum Gasteiger partial charge on any atom is -0.493 e. The lowest BCUT2D eigenvalue weighted by Gasteiger charge is -2.27. The highest BCUT2D eigenvalue weighted by atomic mass is 19.1. The Balaban J connectivity index is 2.09. The summed E-state index contributed by atoms with van der Waals surface area (Å²) in [6.07, 6.45) is 0. The van der Waals surface area contributed by atoms with Gasteiger partial charge in [-0.3, -0.25) is 4.99 Å². The lowest BCUT2D eigenvalue weighted by Crippen LogP contribution is -2.42. The van der Waals surface area contributed by atoms with Gasteiger partial charge in [-0.05, 0) is 62.8 Å². The molecule has 0 spiro atoms. The minimum absolute atomic E-state index is 0.0791. The summed E-state index contributed by atoms with van der Waals surface area (Å²) in [7, 11) is 9.03. The molecule has 0 fully saturated rings. The molecule has 2 aromatic rings. The SMILES string of the molecule is CN=C(NCC(c1ccc(OC)c(OC)c1)N(C)C)NC(C)c1ccc(C)c(F)c1. The van der Waals surface area contributed by atoms with E-state index in [2.05, 4.69) is 20.5 Å². The summed E-state index contributed by atoms with van der Waals surface area (Å²) in [5, 5.41) is 6.70. The van der Waals surface area contributed by atoms with E-state index in [9.17, 15) is 4.39 Å². The number of ether oxygens (including phenoxy) is 2. The highest BCUT2D eigenvalue weighted by molar-refractivity contribution is 5.80. The first kappa shape index (κ1) is 23.5. The number of hydrogen-bond donors (Lipinski definition) is 2. The molecule has 6 nitrogen and oxygen atoms in total. The topological polar surface area (TPSA) is 58.1 Å². The van der Waals surface area contributed by atoms with Gasteiger partial charge < -0.3 is 25.0 Å². The van der Waals surface area contributed by atoms with Crippen LogP contribution in [0, 0.1) is 12.7 Å². The first-order valence-corrected chi connectivity index (χ1v) is 9.92. The van der Waals surface area contributed by atoms with Crippen LogP contribution in [-0.2, 0) is 0 Å². The van der Waals surface area contributed by atoms with Crippen LogP contribution in [0.25, 0.3) is 0 Å². The van der Waals surface area contributed by atoms with E-state index in [-0.39, 0.29) is 17.9 Å². The van der Waals surface area contributed by atoms with Crippen LogP contribution in [0.2, 0.25) is 0 Å². The third kappa shape index (κ3) is 5.86. The molecule has 2 N–H and O–H groups in total. The van der Waals surface area contributed by atoms with Crippen LogP contribution < -0.4 is 20.1 Å². The number of nitrogens with zero attached hydrogens (tertiary/aromatic N) is 2. The van der Waals surface area contributed by atoms with Crippen LogP contribution >= 0.6 is 0 Å². The van der Waals surface area contributed by atoms with Crippen molar-refractivity contribution >= 4 is 5.96 Å². The molecular formula is C23H33FN4O2. The van der Waals surface area contributed by atoms with E-state index in [0.29, 0.717) is 29.6 Å². The van der Waals surface area contributed by atoms with Crippen molar-refractivity contribution in [1.82, 2.24) is 15.5 Å². The largest absolute Gasteiger partial charge is 0.493 e. The molecule has 164 valence electrons. The van der Waals surface area contributed by atoms with E-state index >= 15 is 0 Å². The van der Waals surface area contributed by atoms with Gasteiger partial charge in [-0.1, -0.05) is 18.2 Å². The van der Waals surface area contributed by atoms with Crippen molar-refractivity contribution in [3.05, 3.63) is 58.9 Å². The Bertz CT molecular complexity index is 870. The van der Waals surface area contributed by atoms with Crippen molar-refractivity contribution in [3.63, 3.8) is 0 Å². The van der Waals surface area contributed by atoms with E-state index < -0.39 is 0 Å². The number of aliphatic imine (C=N–C) groups is 1. The van der Waals surface area contributed by atoms with Gasteiger partial charge in [0.15, 0.2) is 17.5 Å². The molecule has 0 saturated carbocycles. The zero-order chi connectivity index (χ0) is 22.3. The minimum atomic E-state index is -0.203. The Hall–Kier alpha value is -2.80. The normalized spacial score (nSPS) is 13.7. The Labute approximate surface area is 179 Å². The van der Waals surface area contributed by atoms with E-state index in [0.717, 1.165) is 11.1 Å². The van der Waals surface area contributed by atoms with Crippen molar-refractivity contribution in [3.8, 4) is 11.5 Å². The van der Waals surface area contributed by atoms with E-state index in [4.69, 9.17) is 9.47 Å². The van der Waals surface area contributed by atoms with E-state index in [1.807, 2.05) is 45.3 Å². The Morgan fingerprint density at radius 1 is 1.07 bits per heavy atom. The maximum atomic E-state index is 13.9. The Kier molecular flexibility index (Phi) is 8.47. The van der Waals surface area contributed by atoms with Crippen molar-refractivity contribution in [1.29, 1.82) is 0 Å². The monoisotopic (exact) mass is 416 g/mol. The van der Waals surface area contributed by atoms with Gasteiger partial charge >= 0.3 is 0 Å². The molecule has 0 aliphatic carbocycles. The maximum absolute atomic E-state index is 13.9. The molecule has 0 radical (unpaired) electrons. The number of guanidine groups is 1. The summed E-state index contributed by atoms with van der Waals surface area (Å²) in [4.78, 5) is 6.44. The second-order valence-electron chi connectivity index (χ2n) is 7.42. The van der Waals surface area contributed by atoms with E-state index in [1.165, 1.54) is 0 Å². The predicted molar refractivity (Wildman–Crippen MR) is 120 cm³/mol. The summed E-state index contributed by atoms with van der Waals surface area (Å²) >= 11 is 0. The molecule has 2 unspecified atom stereocenters. The van der Waals surface area contributed by atoms with Crippen LogP contribution in [0.15, 0.2) is 41.4 Å². The quantitative estimate of drug-likeness (QED) is 0.508. The molecule has 0 aliphatic rings. The van der Waals surface area contributed by atoms with Gasteiger partial charge in [0.1, 0.15) is 5.82 Å². The van der Waals surface area contributed by atoms with Gasteiger partial charge in [0.2, 0.25) is 0 Å². The van der Waals surface area contributed by atoms with Crippen molar-refractivity contribution in [2.45, 2.75) is 25.9 Å². The first-order valence-electron chi connectivity index (χ1n) is 9.92. The number of benzene rings is 2. The molecule has 0 amide bonds. The van der Waals surface area contributed by atoms with Gasteiger partial charge in [-0.25, -0.2) is 4.39 Å². The number of likely N-dealkylation sites (N-methyl/N-ethyl adjacent to an activating group) is 1. The predicted octanol–water partition coefficient (Wildman–Crippen LogP) is 3.68. The van der Waals surface area contributed by atoms with Crippen LogP contribution in [0.1, 0.15) is 35.7 Å². The van der Waals surface area contributed by atoms with Crippen molar-refractivity contribution < 1.29 is 13.9 Å². The Morgan fingerprint density at radius 3 is 2.30 bits per heavy atom. The van der Waals surface area contributed by atoms with Gasteiger partial charge in [0, 0.05) is 13.6 Å². The number of aryl methyl sites for hydroxylation is 1. The van der Waals surface area contributed by atoms with Gasteiger partial charge in [-0.15, -0.1) is 0 Å². The first-order chi connectivity index (χ1) is 14.3. The van der Waals surface area contributed by atoms with Crippen LogP contribution in [0.3, 0.4) is 0 Å². The zero-order valence-corrected chi connectivity index (χ0v) is 18.9. The van der Waals surface area contributed by atoms with Gasteiger partial charge in [0.25, 0.3) is 0 Å². The molecule has 0 heterocycles. The average Bonchev–Trinajstić information content (AvgIpc) is 2.74. The Morgan fingerprint density at radius 2 is 1.73 bits per heavy atom. The number of halogens is 1. The van der Waals surface area contributed by atoms with Crippen LogP contribution in [-0.4, -0.2) is 52.8 Å². The van der Waals surface area contributed by atoms with Gasteiger partial charge in [-0.2, -0.15) is 0 Å². The standard InChI is InChI=1S/C23H33FN4O2/c1-15-8-9-17(12-19(15)24)16(2)27-23(25-3)26-14-20(28(4)5)18-10-11-21(29-6)22(13-18)30-7/h8-13,16,20H,14H2,1-7H3,(H2,25,26,27). The molecule has 0 aromatic heterocycles. The molecule has 2 aromatic carbocycles. The second-order valence-corrected chi connectivity index (χ2v) is 7.42. The third-order valence-corrected chi connectivity index (χ3v) is 5.15. The second kappa shape index (κ2) is 10.8. The van der Waals surface area contributed by atoms with Gasteiger partial charge in [0.05, 0.1) is 26.3 Å². The fourth-order valence-electron chi connectivity index (χ4n) is 3.21. The summed E-state index contributed by atoms with van der Waals surface area (Å²) in [5.41, 5.74) is 2.59. The summed E-state index contributed by atoms with van der Waals surface area (Å²) in [6.45, 7) is 4.36. The highest BCUT2D eigenvalue weighted by Crippen LogP contribution is 2.31. The number of rotatable bonds is 8. The summed E-state index contributed by atoms with van der Waals surface area (Å²) in [6, 6.07) is 11.2. The lowest BCUT2D eigenvalue weighted by atomic mass is 10.0. The molecule has 0 bridgehead atoms. The lowest BCUT2D eigenvalue weighted by molar-refractivity contribution is 0.295. The van der Waals surface area contributed by atoms with Crippen molar-refractivity contribution in [2.75, 3.05) is 41.9 Å². The fourth-order valence-corrected chi connectivity index (χ4v) is 3.21. The third-order valence-electron chi connectivity index (χ3n) is 5.15. The molecule has 0 aliphatic heterocycles.